The van der Waals surface area contributed by atoms with Gasteiger partial charge >= 0.3 is 5.97 Å². The van der Waals surface area contributed by atoms with E-state index >= 15 is 0 Å². The molecule has 2 aliphatic rings. The molecule has 5 heteroatoms. The Hall–Kier alpha value is -2.17. The van der Waals surface area contributed by atoms with Crippen molar-refractivity contribution >= 4 is 17.7 Å². The van der Waals surface area contributed by atoms with Gasteiger partial charge in [-0.15, -0.1) is 0 Å². The van der Waals surface area contributed by atoms with Crippen molar-refractivity contribution in [1.82, 2.24) is 4.90 Å². The van der Waals surface area contributed by atoms with Crippen LogP contribution < -0.4 is 0 Å². The molecule has 3 rings (SSSR count). The summed E-state index contributed by atoms with van der Waals surface area (Å²) in [7, 11) is 0. The number of amides is 1. The van der Waals surface area contributed by atoms with E-state index in [1.54, 1.807) is 13.8 Å². The summed E-state index contributed by atoms with van der Waals surface area (Å²) in [6.45, 7) is 5.96. The zero-order chi connectivity index (χ0) is 23.8. The highest BCUT2D eigenvalue weighted by atomic mass is 16.5. The molecular weight excluding hydrogens is 414 g/mol. The molecule has 1 heterocycles. The van der Waals surface area contributed by atoms with E-state index in [1.165, 1.54) is 29.7 Å². The first kappa shape index (κ1) is 25.5. The highest BCUT2D eigenvalue weighted by Gasteiger charge is 2.41. The first-order valence-electron chi connectivity index (χ1n) is 12.9. The third kappa shape index (κ3) is 6.68. The molecule has 182 valence electrons. The fraction of sp³-hybridized carbons (Fsp3) is 0.679. The normalized spacial score (nSPS) is 20.8. The molecule has 2 fully saturated rings. The number of hydrogen-bond donors (Lipinski definition) is 0. The molecule has 1 aliphatic carbocycles. The van der Waals surface area contributed by atoms with Crippen LogP contribution in [0.15, 0.2) is 30.3 Å². The van der Waals surface area contributed by atoms with Gasteiger partial charge in [-0.1, -0.05) is 70.4 Å². The van der Waals surface area contributed by atoms with Crippen molar-refractivity contribution in [2.45, 2.75) is 104 Å². The van der Waals surface area contributed by atoms with Gasteiger partial charge in [0, 0.05) is 12.0 Å². The molecule has 0 radical (unpaired) electrons. The van der Waals surface area contributed by atoms with Gasteiger partial charge in [0.25, 0.3) is 5.91 Å². The summed E-state index contributed by atoms with van der Waals surface area (Å²) in [4.78, 5) is 40.8. The lowest BCUT2D eigenvalue weighted by atomic mass is 9.83. The number of piperidine rings is 1. The molecule has 1 amide bonds. The van der Waals surface area contributed by atoms with Gasteiger partial charge in [-0.25, -0.2) is 4.79 Å². The number of carbonyl (C=O) groups excluding carboxylic acids is 3. The van der Waals surface area contributed by atoms with Crippen molar-refractivity contribution in [1.29, 1.82) is 0 Å². The van der Waals surface area contributed by atoms with E-state index in [-0.39, 0.29) is 12.1 Å². The Kier molecular flexibility index (Phi) is 9.10. The molecule has 33 heavy (non-hydrogen) atoms. The fourth-order valence-electron chi connectivity index (χ4n) is 5.08. The minimum absolute atomic E-state index is 0.139. The maximum Gasteiger partial charge on any atom is 0.329 e. The van der Waals surface area contributed by atoms with Crippen molar-refractivity contribution < 1.29 is 19.1 Å². The zero-order valence-corrected chi connectivity index (χ0v) is 20.7. The van der Waals surface area contributed by atoms with Crippen LogP contribution in [0.5, 0.6) is 0 Å². The molecule has 0 spiro atoms. The predicted octanol–water partition coefficient (Wildman–Crippen LogP) is 5.50. The molecule has 1 aromatic carbocycles. The quantitative estimate of drug-likeness (QED) is 0.364. The van der Waals surface area contributed by atoms with E-state index in [1.807, 2.05) is 25.1 Å². The zero-order valence-electron chi connectivity index (χ0n) is 20.7. The Morgan fingerprint density at radius 3 is 2.33 bits per heavy atom. The minimum Gasteiger partial charge on any atom is -0.461 e. The first-order valence-corrected chi connectivity index (χ1v) is 12.9. The summed E-state index contributed by atoms with van der Waals surface area (Å²) >= 11 is 0. The van der Waals surface area contributed by atoms with Crippen LogP contribution in [0, 0.1) is 11.3 Å². The fourth-order valence-corrected chi connectivity index (χ4v) is 5.08. The van der Waals surface area contributed by atoms with Gasteiger partial charge in [0.15, 0.2) is 0 Å². The van der Waals surface area contributed by atoms with Crippen LogP contribution in [0.3, 0.4) is 0 Å². The summed E-state index contributed by atoms with van der Waals surface area (Å²) in [5, 5.41) is 0. The molecule has 0 bridgehead atoms. The average molecular weight is 456 g/mol. The highest BCUT2D eigenvalue weighted by Crippen LogP contribution is 2.32. The van der Waals surface area contributed by atoms with Gasteiger partial charge < -0.3 is 9.64 Å². The lowest BCUT2D eigenvalue weighted by molar-refractivity contribution is -0.166. The Morgan fingerprint density at radius 2 is 1.67 bits per heavy atom. The monoisotopic (exact) mass is 455 g/mol. The van der Waals surface area contributed by atoms with Gasteiger partial charge in [0.05, 0.1) is 0 Å². The molecule has 0 aromatic heterocycles. The number of rotatable bonds is 9. The Bertz CT molecular complexity index is 797. The van der Waals surface area contributed by atoms with Crippen molar-refractivity contribution in [2.75, 3.05) is 6.54 Å². The second-order valence-electron chi connectivity index (χ2n) is 10.5. The van der Waals surface area contributed by atoms with Crippen LogP contribution in [0.2, 0.25) is 0 Å². The standard InChI is InChI=1S/C28H41NO4/c1-4-28(2,3)25(30)26(31)29-20-12-11-17-23(29)27(32)33-24(22-15-9-6-10-16-22)19-18-21-13-7-5-8-14-21/h5,7-8,13-14,22-24H,4,6,9-12,15-20H2,1-3H3/t23-,24-/m0/s1. The van der Waals surface area contributed by atoms with Crippen molar-refractivity contribution in [3.05, 3.63) is 35.9 Å². The molecule has 0 unspecified atom stereocenters. The molecule has 5 nitrogen and oxygen atoms in total. The van der Waals surface area contributed by atoms with Gasteiger partial charge in [-0.05, 0) is 62.8 Å². The number of ether oxygens (including phenoxy) is 1. The second kappa shape index (κ2) is 11.8. The third-order valence-corrected chi connectivity index (χ3v) is 7.73. The average Bonchev–Trinajstić information content (AvgIpc) is 2.86. The predicted molar refractivity (Wildman–Crippen MR) is 130 cm³/mol. The molecule has 1 aromatic rings. The molecule has 0 N–H and O–H groups in total. The van der Waals surface area contributed by atoms with Crippen molar-refractivity contribution in [3.63, 3.8) is 0 Å². The molecular formula is C28H41NO4. The number of carbonyl (C=O) groups is 3. The summed E-state index contributed by atoms with van der Waals surface area (Å²) in [6, 6.07) is 9.67. The Labute approximate surface area is 199 Å². The van der Waals surface area contributed by atoms with E-state index in [0.29, 0.717) is 25.3 Å². The van der Waals surface area contributed by atoms with Crippen molar-refractivity contribution in [3.8, 4) is 0 Å². The SMILES string of the molecule is CCC(C)(C)C(=O)C(=O)N1CCCC[C@H]1C(=O)O[C@@H](CCc1ccccc1)C1CCCCC1. The van der Waals surface area contributed by atoms with Crippen LogP contribution in [-0.2, 0) is 25.5 Å². The first-order chi connectivity index (χ1) is 15.8. The van der Waals surface area contributed by atoms with Gasteiger partial charge in [0.2, 0.25) is 5.78 Å². The second-order valence-corrected chi connectivity index (χ2v) is 10.5. The lowest BCUT2D eigenvalue weighted by Crippen LogP contribution is -2.53. The lowest BCUT2D eigenvalue weighted by Gasteiger charge is -2.37. The minimum atomic E-state index is -0.719. The Balaban J connectivity index is 1.71. The number of nitrogens with zero attached hydrogens (tertiary/aromatic N) is 1. The molecule has 1 aliphatic heterocycles. The van der Waals surface area contributed by atoms with Gasteiger partial charge in [-0.2, -0.15) is 0 Å². The number of ketones is 1. The number of aryl methyl sites for hydroxylation is 1. The van der Waals surface area contributed by atoms with E-state index in [4.69, 9.17) is 4.74 Å². The van der Waals surface area contributed by atoms with E-state index in [0.717, 1.165) is 38.5 Å². The van der Waals surface area contributed by atoms with Crippen LogP contribution in [-0.4, -0.2) is 41.3 Å². The van der Waals surface area contributed by atoms with Gasteiger partial charge in [-0.3, -0.25) is 9.59 Å². The van der Waals surface area contributed by atoms with E-state index in [9.17, 15) is 14.4 Å². The van der Waals surface area contributed by atoms with Crippen molar-refractivity contribution in [2.24, 2.45) is 11.3 Å². The Morgan fingerprint density at radius 1 is 1.00 bits per heavy atom. The topological polar surface area (TPSA) is 63.7 Å². The maximum atomic E-state index is 13.4. The number of benzene rings is 1. The smallest absolute Gasteiger partial charge is 0.329 e. The molecule has 2 atom stereocenters. The largest absolute Gasteiger partial charge is 0.461 e. The number of hydrogen-bond acceptors (Lipinski definition) is 4. The van der Waals surface area contributed by atoms with Crippen LogP contribution in [0.25, 0.3) is 0 Å². The van der Waals surface area contributed by atoms with E-state index in [2.05, 4.69) is 12.1 Å². The summed E-state index contributed by atoms with van der Waals surface area (Å²) in [6.07, 6.45) is 10.1. The summed E-state index contributed by atoms with van der Waals surface area (Å²) < 4.78 is 6.18. The molecule has 1 saturated carbocycles. The number of Topliss-reactive ketones (excluding diaryl/α,β-unsaturated/α-hetero) is 1. The van der Waals surface area contributed by atoms with Gasteiger partial charge in [0.1, 0.15) is 12.1 Å². The van der Waals surface area contributed by atoms with Crippen LogP contribution in [0.1, 0.15) is 90.5 Å². The third-order valence-electron chi connectivity index (χ3n) is 7.73. The maximum absolute atomic E-state index is 13.4. The summed E-state index contributed by atoms with van der Waals surface area (Å²) in [5.41, 5.74) is 0.528. The molecule has 1 saturated heterocycles. The van der Waals surface area contributed by atoms with Crippen LogP contribution >= 0.6 is 0 Å². The highest BCUT2D eigenvalue weighted by molar-refractivity contribution is 6.38. The number of esters is 1. The number of likely N-dealkylation sites (tertiary alicyclic amines) is 1. The summed E-state index contributed by atoms with van der Waals surface area (Å²) in [5.74, 6) is -0.881. The van der Waals surface area contributed by atoms with E-state index < -0.39 is 23.1 Å². The van der Waals surface area contributed by atoms with Crippen LogP contribution in [0.4, 0.5) is 0 Å².